The Morgan fingerprint density at radius 2 is 2.04 bits per heavy atom. The highest BCUT2D eigenvalue weighted by Gasteiger charge is 2.28. The molecule has 1 aliphatic heterocycles. The zero-order chi connectivity index (χ0) is 17.1. The molecule has 0 unspecified atom stereocenters. The van der Waals surface area contributed by atoms with Crippen molar-refractivity contribution in [2.75, 3.05) is 19.7 Å². The Hall–Kier alpha value is -2.64. The van der Waals surface area contributed by atoms with Gasteiger partial charge in [0.15, 0.2) is 5.65 Å². The third-order valence-electron chi connectivity index (χ3n) is 4.24. The summed E-state index contributed by atoms with van der Waals surface area (Å²) in [5.74, 6) is -0.504. The fraction of sp³-hybridized carbons (Fsp3) is 0.500. The van der Waals surface area contributed by atoms with Crippen LogP contribution in [-0.2, 0) is 20.9 Å². The van der Waals surface area contributed by atoms with Gasteiger partial charge >= 0.3 is 11.7 Å². The van der Waals surface area contributed by atoms with Crippen LogP contribution in [-0.4, -0.2) is 50.7 Å². The lowest BCUT2D eigenvalue weighted by molar-refractivity contribution is -0.151. The van der Waals surface area contributed by atoms with Crippen molar-refractivity contribution < 1.29 is 14.3 Å². The lowest BCUT2D eigenvalue weighted by atomic mass is 9.97. The average Bonchev–Trinajstić information content (AvgIpc) is 2.91. The van der Waals surface area contributed by atoms with E-state index >= 15 is 0 Å². The number of rotatable bonds is 4. The molecule has 0 aliphatic carbocycles. The van der Waals surface area contributed by atoms with Crippen LogP contribution in [0, 0.1) is 5.92 Å². The third-order valence-corrected chi connectivity index (χ3v) is 4.24. The summed E-state index contributed by atoms with van der Waals surface area (Å²) in [7, 11) is 0. The number of carbonyl (C=O) groups excluding carboxylic acids is 2. The first-order valence-corrected chi connectivity index (χ1v) is 8.08. The van der Waals surface area contributed by atoms with E-state index in [0.717, 1.165) is 0 Å². The van der Waals surface area contributed by atoms with Gasteiger partial charge in [-0.15, -0.1) is 5.10 Å². The van der Waals surface area contributed by atoms with Gasteiger partial charge in [0, 0.05) is 19.3 Å². The number of amides is 1. The molecule has 1 fully saturated rings. The van der Waals surface area contributed by atoms with Crippen LogP contribution in [0.4, 0.5) is 0 Å². The van der Waals surface area contributed by atoms with Gasteiger partial charge in [0.1, 0.15) is 6.54 Å². The van der Waals surface area contributed by atoms with E-state index in [4.69, 9.17) is 4.74 Å². The minimum Gasteiger partial charge on any atom is -0.466 e. The summed E-state index contributed by atoms with van der Waals surface area (Å²) in [5, 5.41) is 4.16. The Morgan fingerprint density at radius 1 is 1.29 bits per heavy atom. The normalized spacial score (nSPS) is 15.6. The van der Waals surface area contributed by atoms with Gasteiger partial charge in [0.2, 0.25) is 5.91 Å². The Kier molecular flexibility index (Phi) is 4.64. The molecule has 2 aromatic rings. The van der Waals surface area contributed by atoms with Gasteiger partial charge in [-0.2, -0.15) is 0 Å². The standard InChI is InChI=1S/C16H20N4O4/c1-2-24-15(22)12-6-9-18(10-7-12)14(21)11-20-16(23)19-8-4-3-5-13(19)17-20/h3-5,8,12H,2,6-7,9-11H2,1H3. The van der Waals surface area contributed by atoms with Gasteiger partial charge in [-0.25, -0.2) is 9.48 Å². The predicted molar refractivity (Wildman–Crippen MR) is 85.4 cm³/mol. The highest BCUT2D eigenvalue weighted by Crippen LogP contribution is 2.18. The minimum absolute atomic E-state index is 0.0927. The molecular formula is C16H20N4O4. The fourth-order valence-electron chi connectivity index (χ4n) is 2.92. The number of hydrogen-bond donors (Lipinski definition) is 0. The molecule has 0 bridgehead atoms. The number of likely N-dealkylation sites (tertiary alicyclic amines) is 1. The smallest absolute Gasteiger partial charge is 0.350 e. The van der Waals surface area contributed by atoms with Crippen LogP contribution in [0.5, 0.6) is 0 Å². The first-order chi connectivity index (χ1) is 11.6. The quantitative estimate of drug-likeness (QED) is 0.752. The van der Waals surface area contributed by atoms with E-state index in [1.807, 2.05) is 0 Å². The van der Waals surface area contributed by atoms with Crippen LogP contribution in [0.2, 0.25) is 0 Å². The van der Waals surface area contributed by atoms with Crippen molar-refractivity contribution in [1.29, 1.82) is 0 Å². The van der Waals surface area contributed by atoms with Crippen LogP contribution in [0.3, 0.4) is 0 Å². The summed E-state index contributed by atoms with van der Waals surface area (Å²) in [6.45, 7) is 3.04. The van der Waals surface area contributed by atoms with Crippen LogP contribution >= 0.6 is 0 Å². The second kappa shape index (κ2) is 6.86. The Balaban J connectivity index is 1.62. The zero-order valence-corrected chi connectivity index (χ0v) is 13.6. The molecule has 0 aromatic carbocycles. The number of ether oxygens (including phenoxy) is 1. The Labute approximate surface area is 138 Å². The van der Waals surface area contributed by atoms with Crippen molar-refractivity contribution in [1.82, 2.24) is 19.1 Å². The molecule has 8 heteroatoms. The molecular weight excluding hydrogens is 312 g/mol. The summed E-state index contributed by atoms with van der Waals surface area (Å²) in [5.41, 5.74) is 0.177. The summed E-state index contributed by atoms with van der Waals surface area (Å²) in [6, 6.07) is 5.24. The third kappa shape index (κ3) is 3.17. The SMILES string of the molecule is CCOC(=O)C1CCN(C(=O)Cn2nc3ccccn3c2=O)CC1. The van der Waals surface area contributed by atoms with Gasteiger partial charge in [0.25, 0.3) is 0 Å². The topological polar surface area (TPSA) is 85.9 Å². The Morgan fingerprint density at radius 3 is 2.71 bits per heavy atom. The molecule has 2 aromatic heterocycles. The Bertz CT molecular complexity index is 802. The number of nitrogens with zero attached hydrogens (tertiary/aromatic N) is 4. The fourth-order valence-corrected chi connectivity index (χ4v) is 2.92. The molecule has 0 radical (unpaired) electrons. The van der Waals surface area contributed by atoms with Crippen LogP contribution in [0.1, 0.15) is 19.8 Å². The molecule has 0 saturated carbocycles. The largest absolute Gasteiger partial charge is 0.466 e. The van der Waals surface area contributed by atoms with E-state index in [9.17, 15) is 14.4 Å². The van der Waals surface area contributed by atoms with Gasteiger partial charge < -0.3 is 9.64 Å². The summed E-state index contributed by atoms with van der Waals surface area (Å²) in [6.07, 6.45) is 2.80. The van der Waals surface area contributed by atoms with Crippen molar-refractivity contribution in [3.05, 3.63) is 34.9 Å². The molecule has 1 saturated heterocycles. The summed E-state index contributed by atoms with van der Waals surface area (Å²) < 4.78 is 7.60. The monoisotopic (exact) mass is 332 g/mol. The molecule has 3 rings (SSSR count). The molecule has 8 nitrogen and oxygen atoms in total. The number of pyridine rings is 1. The first kappa shape index (κ1) is 16.2. The molecule has 1 amide bonds. The number of carbonyl (C=O) groups is 2. The maximum absolute atomic E-state index is 12.4. The summed E-state index contributed by atoms with van der Waals surface area (Å²) >= 11 is 0. The second-order valence-electron chi connectivity index (χ2n) is 5.78. The van der Waals surface area contributed by atoms with E-state index < -0.39 is 0 Å². The van der Waals surface area contributed by atoms with E-state index in [1.165, 1.54) is 9.08 Å². The molecule has 0 spiro atoms. The van der Waals surface area contributed by atoms with Gasteiger partial charge in [0.05, 0.1) is 12.5 Å². The molecule has 0 N–H and O–H groups in total. The lowest BCUT2D eigenvalue weighted by Crippen LogP contribution is -2.43. The van der Waals surface area contributed by atoms with E-state index in [-0.39, 0.29) is 30.0 Å². The maximum Gasteiger partial charge on any atom is 0.350 e. The molecule has 24 heavy (non-hydrogen) atoms. The van der Waals surface area contributed by atoms with Crippen LogP contribution in [0.15, 0.2) is 29.2 Å². The number of esters is 1. The number of hydrogen-bond acceptors (Lipinski definition) is 5. The van der Waals surface area contributed by atoms with E-state index in [0.29, 0.717) is 38.2 Å². The number of aromatic nitrogens is 3. The van der Waals surface area contributed by atoms with Crippen LogP contribution in [0.25, 0.3) is 5.65 Å². The van der Waals surface area contributed by atoms with Crippen molar-refractivity contribution in [2.24, 2.45) is 5.92 Å². The molecule has 128 valence electrons. The van der Waals surface area contributed by atoms with Crippen molar-refractivity contribution in [2.45, 2.75) is 26.3 Å². The van der Waals surface area contributed by atoms with Gasteiger partial charge in [-0.1, -0.05) is 6.07 Å². The van der Waals surface area contributed by atoms with Crippen molar-refractivity contribution in [3.63, 3.8) is 0 Å². The van der Waals surface area contributed by atoms with Crippen LogP contribution < -0.4 is 5.69 Å². The van der Waals surface area contributed by atoms with E-state index in [1.54, 1.807) is 36.2 Å². The highest BCUT2D eigenvalue weighted by molar-refractivity contribution is 5.77. The van der Waals surface area contributed by atoms with Gasteiger partial charge in [-0.3, -0.25) is 14.0 Å². The maximum atomic E-state index is 12.4. The molecule has 3 heterocycles. The lowest BCUT2D eigenvalue weighted by Gasteiger charge is -2.30. The highest BCUT2D eigenvalue weighted by atomic mass is 16.5. The first-order valence-electron chi connectivity index (χ1n) is 8.08. The van der Waals surface area contributed by atoms with Crippen molar-refractivity contribution >= 4 is 17.5 Å². The predicted octanol–water partition coefficient (Wildman–Crippen LogP) is 0.298. The minimum atomic E-state index is -0.333. The molecule has 1 aliphatic rings. The molecule has 0 atom stereocenters. The average molecular weight is 332 g/mol. The summed E-state index contributed by atoms with van der Waals surface area (Å²) in [4.78, 5) is 38.0. The zero-order valence-electron chi connectivity index (χ0n) is 13.6. The number of fused-ring (bicyclic) bond motifs is 1. The van der Waals surface area contributed by atoms with Crippen molar-refractivity contribution in [3.8, 4) is 0 Å². The van der Waals surface area contributed by atoms with Gasteiger partial charge in [-0.05, 0) is 31.9 Å². The van der Waals surface area contributed by atoms with E-state index in [2.05, 4.69) is 5.10 Å². The second-order valence-corrected chi connectivity index (χ2v) is 5.78. The number of piperidine rings is 1.